The Bertz CT molecular complexity index is 417. The fourth-order valence-electron chi connectivity index (χ4n) is 1.88. The molecule has 2 N–H and O–H groups in total. The van der Waals surface area contributed by atoms with Crippen LogP contribution in [0.5, 0.6) is 0 Å². The zero-order valence-electron chi connectivity index (χ0n) is 11.4. The summed E-state index contributed by atoms with van der Waals surface area (Å²) in [6.45, 7) is 5.64. The van der Waals surface area contributed by atoms with Crippen molar-refractivity contribution in [3.63, 3.8) is 0 Å². The second-order valence-electron chi connectivity index (χ2n) is 5.31. The van der Waals surface area contributed by atoms with Crippen LogP contribution in [-0.2, 0) is 11.7 Å². The molecule has 0 bridgehead atoms. The Morgan fingerprint density at radius 3 is 2.11 bits per heavy atom. The molecule has 0 amide bonds. The van der Waals surface area contributed by atoms with Gasteiger partial charge in [-0.2, -0.15) is 13.2 Å². The van der Waals surface area contributed by atoms with Gasteiger partial charge in [-0.3, -0.25) is 0 Å². The molecule has 0 radical (unpaired) electrons. The monoisotopic (exact) mass is 275 g/mol. The van der Waals surface area contributed by atoms with E-state index < -0.39 is 23.9 Å². The van der Waals surface area contributed by atoms with Crippen molar-refractivity contribution in [1.29, 1.82) is 0 Å². The minimum Gasteiger partial charge on any atom is -0.394 e. The molecule has 2 nitrogen and oxygen atoms in total. The number of aliphatic hydroxyl groups excluding tert-OH is 1. The van der Waals surface area contributed by atoms with E-state index in [0.29, 0.717) is 6.54 Å². The lowest BCUT2D eigenvalue weighted by Gasteiger charge is -2.32. The highest BCUT2D eigenvalue weighted by Crippen LogP contribution is 2.36. The largest absolute Gasteiger partial charge is 0.416 e. The standard InChI is InChI=1S/C14H20F3NO/c1-10(2)8-18-13(3,9-19)11-6-4-5-7-12(11)14(15,16)17/h4-7,10,18-19H,8-9H2,1-3H3. The van der Waals surface area contributed by atoms with E-state index in [1.54, 1.807) is 13.0 Å². The Kier molecular flexibility index (Phi) is 4.98. The third-order valence-corrected chi connectivity index (χ3v) is 3.04. The highest BCUT2D eigenvalue weighted by Gasteiger charge is 2.38. The van der Waals surface area contributed by atoms with E-state index in [-0.39, 0.29) is 11.5 Å². The van der Waals surface area contributed by atoms with Crippen molar-refractivity contribution in [3.8, 4) is 0 Å². The molecule has 1 aromatic rings. The molecule has 0 saturated carbocycles. The SMILES string of the molecule is CC(C)CNC(C)(CO)c1ccccc1C(F)(F)F. The fraction of sp³-hybridized carbons (Fsp3) is 0.571. The number of hydrogen-bond acceptors (Lipinski definition) is 2. The summed E-state index contributed by atoms with van der Waals surface area (Å²) in [5, 5.41) is 12.5. The van der Waals surface area contributed by atoms with Crippen LogP contribution in [0.15, 0.2) is 24.3 Å². The van der Waals surface area contributed by atoms with Crippen LogP contribution in [0.4, 0.5) is 13.2 Å². The summed E-state index contributed by atoms with van der Waals surface area (Å²) in [6.07, 6.45) is -4.42. The Labute approximate surface area is 111 Å². The molecule has 0 aliphatic carbocycles. The molecule has 1 rings (SSSR count). The molecule has 1 unspecified atom stereocenters. The van der Waals surface area contributed by atoms with Crippen molar-refractivity contribution >= 4 is 0 Å². The molecule has 0 fully saturated rings. The van der Waals surface area contributed by atoms with Crippen molar-refractivity contribution in [2.45, 2.75) is 32.5 Å². The normalized spacial score (nSPS) is 15.6. The van der Waals surface area contributed by atoms with Gasteiger partial charge in [0.2, 0.25) is 0 Å². The first-order valence-corrected chi connectivity index (χ1v) is 6.23. The second kappa shape index (κ2) is 5.92. The van der Waals surface area contributed by atoms with Gasteiger partial charge in [0.05, 0.1) is 17.7 Å². The molecule has 0 saturated heterocycles. The van der Waals surface area contributed by atoms with E-state index in [4.69, 9.17) is 0 Å². The van der Waals surface area contributed by atoms with Gasteiger partial charge in [0, 0.05) is 0 Å². The van der Waals surface area contributed by atoms with E-state index in [1.165, 1.54) is 12.1 Å². The predicted octanol–water partition coefficient (Wildman–Crippen LogP) is 3.16. The van der Waals surface area contributed by atoms with Gasteiger partial charge in [0.25, 0.3) is 0 Å². The number of aliphatic hydroxyl groups is 1. The maximum absolute atomic E-state index is 13.0. The average Bonchev–Trinajstić information content (AvgIpc) is 2.35. The van der Waals surface area contributed by atoms with Crippen LogP contribution in [0.1, 0.15) is 31.9 Å². The van der Waals surface area contributed by atoms with Gasteiger partial charge < -0.3 is 10.4 Å². The van der Waals surface area contributed by atoms with E-state index in [0.717, 1.165) is 6.07 Å². The molecule has 0 aliphatic heterocycles. The third-order valence-electron chi connectivity index (χ3n) is 3.04. The smallest absolute Gasteiger partial charge is 0.394 e. The second-order valence-corrected chi connectivity index (χ2v) is 5.31. The Morgan fingerprint density at radius 1 is 1.16 bits per heavy atom. The minimum atomic E-state index is -4.42. The molecule has 0 heterocycles. The number of rotatable bonds is 5. The highest BCUT2D eigenvalue weighted by atomic mass is 19.4. The maximum Gasteiger partial charge on any atom is 0.416 e. The van der Waals surface area contributed by atoms with Crippen LogP contribution in [-0.4, -0.2) is 18.3 Å². The van der Waals surface area contributed by atoms with E-state index in [1.807, 2.05) is 13.8 Å². The van der Waals surface area contributed by atoms with Crippen molar-refractivity contribution in [2.24, 2.45) is 5.92 Å². The number of hydrogen-bond donors (Lipinski definition) is 2. The van der Waals surface area contributed by atoms with Gasteiger partial charge in [-0.15, -0.1) is 0 Å². The number of alkyl halides is 3. The van der Waals surface area contributed by atoms with Crippen molar-refractivity contribution < 1.29 is 18.3 Å². The molecule has 0 aliphatic rings. The summed E-state index contributed by atoms with van der Waals surface area (Å²) < 4.78 is 39.0. The lowest BCUT2D eigenvalue weighted by Crippen LogP contribution is -2.45. The molecule has 19 heavy (non-hydrogen) atoms. The van der Waals surface area contributed by atoms with Gasteiger partial charge in [-0.05, 0) is 31.0 Å². The Morgan fingerprint density at radius 2 is 1.68 bits per heavy atom. The molecular weight excluding hydrogens is 255 g/mol. The molecule has 0 aromatic heterocycles. The van der Waals surface area contributed by atoms with Gasteiger partial charge in [-0.1, -0.05) is 32.0 Å². The van der Waals surface area contributed by atoms with Gasteiger partial charge in [0.15, 0.2) is 0 Å². The van der Waals surface area contributed by atoms with Gasteiger partial charge in [-0.25, -0.2) is 0 Å². The zero-order valence-corrected chi connectivity index (χ0v) is 11.4. The molecule has 1 atom stereocenters. The van der Waals surface area contributed by atoms with Crippen LogP contribution >= 0.6 is 0 Å². The highest BCUT2D eigenvalue weighted by molar-refractivity contribution is 5.35. The van der Waals surface area contributed by atoms with Crippen LogP contribution < -0.4 is 5.32 Å². The molecular formula is C14H20F3NO. The summed E-state index contributed by atoms with van der Waals surface area (Å²) in [7, 11) is 0. The summed E-state index contributed by atoms with van der Waals surface area (Å²) in [6, 6.07) is 5.36. The minimum absolute atomic E-state index is 0.0747. The van der Waals surface area contributed by atoms with E-state index in [2.05, 4.69) is 5.32 Å². The lowest BCUT2D eigenvalue weighted by atomic mass is 9.88. The Hall–Kier alpha value is -1.07. The average molecular weight is 275 g/mol. The maximum atomic E-state index is 13.0. The molecule has 0 spiro atoms. The van der Waals surface area contributed by atoms with Crippen LogP contribution in [0.2, 0.25) is 0 Å². The predicted molar refractivity (Wildman–Crippen MR) is 68.7 cm³/mol. The fourth-order valence-corrected chi connectivity index (χ4v) is 1.88. The van der Waals surface area contributed by atoms with Crippen molar-refractivity contribution in [1.82, 2.24) is 5.32 Å². The molecule has 1 aromatic carbocycles. The quantitative estimate of drug-likeness (QED) is 0.865. The number of benzene rings is 1. The zero-order chi connectivity index (χ0) is 14.7. The first-order chi connectivity index (χ1) is 8.70. The molecule has 108 valence electrons. The summed E-state index contributed by atoms with van der Waals surface area (Å²) in [5.74, 6) is 0.281. The van der Waals surface area contributed by atoms with E-state index >= 15 is 0 Å². The van der Waals surface area contributed by atoms with Crippen molar-refractivity contribution in [3.05, 3.63) is 35.4 Å². The topological polar surface area (TPSA) is 32.3 Å². The van der Waals surface area contributed by atoms with Crippen LogP contribution in [0.3, 0.4) is 0 Å². The van der Waals surface area contributed by atoms with Crippen molar-refractivity contribution in [2.75, 3.05) is 13.2 Å². The third kappa shape index (κ3) is 3.94. The first kappa shape index (κ1) is 16.0. The lowest BCUT2D eigenvalue weighted by molar-refractivity contribution is -0.139. The summed E-state index contributed by atoms with van der Waals surface area (Å²) in [5.41, 5.74) is -1.73. The first-order valence-electron chi connectivity index (χ1n) is 6.23. The molecule has 5 heteroatoms. The number of halogens is 3. The number of nitrogens with one attached hydrogen (secondary N) is 1. The van der Waals surface area contributed by atoms with Gasteiger partial charge >= 0.3 is 6.18 Å². The summed E-state index contributed by atoms with van der Waals surface area (Å²) >= 11 is 0. The van der Waals surface area contributed by atoms with Gasteiger partial charge in [0.1, 0.15) is 0 Å². The van der Waals surface area contributed by atoms with E-state index in [9.17, 15) is 18.3 Å². The summed E-state index contributed by atoms with van der Waals surface area (Å²) in [4.78, 5) is 0. The Balaban J connectivity index is 3.18. The van der Waals surface area contributed by atoms with Crippen LogP contribution in [0.25, 0.3) is 0 Å². The van der Waals surface area contributed by atoms with Crippen LogP contribution in [0, 0.1) is 5.92 Å².